The van der Waals surface area contributed by atoms with E-state index in [4.69, 9.17) is 0 Å². The van der Waals surface area contributed by atoms with Crippen LogP contribution < -0.4 is 4.90 Å². The molecule has 0 aliphatic rings. The second-order valence-corrected chi connectivity index (χ2v) is 7.29. The molecule has 0 saturated heterocycles. The number of phenols is 1. The molecule has 0 atom stereocenters. The number of aromatic hydroxyl groups is 1. The number of hydrogen-bond donors (Lipinski definition) is 1. The largest absolute Gasteiger partial charge is 0.506 e. The van der Waals surface area contributed by atoms with Gasteiger partial charge in [-0.15, -0.1) is 10.2 Å². The summed E-state index contributed by atoms with van der Waals surface area (Å²) in [4.78, 5) is 22.7. The summed E-state index contributed by atoms with van der Waals surface area (Å²) < 4.78 is 0. The van der Waals surface area contributed by atoms with E-state index in [2.05, 4.69) is 10.2 Å². The van der Waals surface area contributed by atoms with Crippen LogP contribution in [0.15, 0.2) is 70.9 Å². The molecule has 4 aromatic rings. The van der Waals surface area contributed by atoms with E-state index in [0.717, 1.165) is 40.0 Å². The van der Waals surface area contributed by atoms with Crippen LogP contribution in [-0.4, -0.2) is 29.0 Å². The number of nitro groups is 2. The average Bonchev–Trinajstić information content (AvgIpc) is 2.76. The van der Waals surface area contributed by atoms with Crippen LogP contribution in [-0.2, 0) is 0 Å². The molecule has 0 aromatic heterocycles. The molecule has 0 aliphatic heterocycles. The van der Waals surface area contributed by atoms with Crippen LogP contribution in [0.1, 0.15) is 0 Å². The van der Waals surface area contributed by atoms with Gasteiger partial charge in [0.25, 0.3) is 5.69 Å². The van der Waals surface area contributed by atoms with Gasteiger partial charge in [0.05, 0.1) is 15.9 Å². The molecule has 0 unspecified atom stereocenters. The summed E-state index contributed by atoms with van der Waals surface area (Å²) in [6, 6.07) is 16.2. The van der Waals surface area contributed by atoms with Crippen molar-refractivity contribution in [3.8, 4) is 5.75 Å². The summed E-state index contributed by atoms with van der Waals surface area (Å²) >= 11 is 0. The first-order valence-electron chi connectivity index (χ1n) is 9.46. The lowest BCUT2D eigenvalue weighted by Gasteiger charge is -2.18. The van der Waals surface area contributed by atoms with E-state index in [1.54, 1.807) is 6.07 Å². The molecule has 10 nitrogen and oxygen atoms in total. The lowest BCUT2D eigenvalue weighted by atomic mass is 10.00. The van der Waals surface area contributed by atoms with Gasteiger partial charge < -0.3 is 10.0 Å². The Bertz CT molecular complexity index is 1430. The zero-order valence-electron chi connectivity index (χ0n) is 17.1. The first-order chi connectivity index (χ1) is 15.3. The smallest absolute Gasteiger partial charge is 0.303 e. The summed E-state index contributed by atoms with van der Waals surface area (Å²) in [5, 5.41) is 44.4. The number of azo groups is 1. The summed E-state index contributed by atoms with van der Waals surface area (Å²) in [7, 11) is 3.70. The van der Waals surface area contributed by atoms with Crippen LogP contribution in [0.3, 0.4) is 0 Å². The molecule has 0 saturated carbocycles. The Kier molecular flexibility index (Phi) is 5.11. The molecule has 0 fully saturated rings. The molecule has 0 heterocycles. The highest BCUT2D eigenvalue weighted by Crippen LogP contribution is 2.43. The van der Waals surface area contributed by atoms with Gasteiger partial charge in [-0.2, -0.15) is 0 Å². The number of benzene rings is 4. The summed E-state index contributed by atoms with van der Waals surface area (Å²) in [6.45, 7) is 0. The number of rotatable bonds is 5. The van der Waals surface area contributed by atoms with Crippen molar-refractivity contribution < 1.29 is 15.0 Å². The fourth-order valence-corrected chi connectivity index (χ4v) is 3.50. The van der Waals surface area contributed by atoms with E-state index in [9.17, 15) is 25.3 Å². The van der Waals surface area contributed by atoms with Crippen LogP contribution in [0.2, 0.25) is 0 Å². The zero-order valence-corrected chi connectivity index (χ0v) is 17.1. The lowest BCUT2D eigenvalue weighted by Crippen LogP contribution is -2.09. The van der Waals surface area contributed by atoms with Gasteiger partial charge in [0.15, 0.2) is 5.69 Å². The maximum absolute atomic E-state index is 11.4. The maximum atomic E-state index is 11.4. The standard InChI is InChI=1S/C22H17N5O5/c1-25(2)19-12-21(28)22(17-10-14-6-4-3-5-13(14)9-16(17)19)24-23-18-8-7-15(26(29)30)11-20(18)27(31)32/h3-12,28H,1-2H3. The average molecular weight is 431 g/mol. The number of phenolic OH excluding ortho intramolecular Hbond substituents is 1. The van der Waals surface area contributed by atoms with E-state index >= 15 is 0 Å². The first-order valence-corrected chi connectivity index (χ1v) is 9.46. The number of hydrogen-bond acceptors (Lipinski definition) is 8. The molecule has 4 rings (SSSR count). The lowest BCUT2D eigenvalue weighted by molar-refractivity contribution is -0.393. The second kappa shape index (κ2) is 7.91. The SMILES string of the molecule is CN(C)c1cc(O)c(N=Nc2ccc([N+](=O)[O-])cc2[N+](=O)[O-])c2cc3ccccc3cc12. The van der Waals surface area contributed by atoms with Crippen LogP contribution in [0.25, 0.3) is 21.5 Å². The molecule has 32 heavy (non-hydrogen) atoms. The van der Waals surface area contributed by atoms with Gasteiger partial charge in [-0.05, 0) is 29.0 Å². The van der Waals surface area contributed by atoms with E-state index in [1.807, 2.05) is 55.4 Å². The Balaban J connectivity index is 1.94. The fraction of sp³-hybridized carbons (Fsp3) is 0.0909. The molecule has 0 bridgehead atoms. The highest BCUT2D eigenvalue weighted by molar-refractivity contribution is 6.10. The van der Waals surface area contributed by atoms with Crippen LogP contribution in [0, 0.1) is 20.2 Å². The van der Waals surface area contributed by atoms with Crippen molar-refractivity contribution in [3.05, 3.63) is 80.9 Å². The van der Waals surface area contributed by atoms with E-state index in [0.29, 0.717) is 5.39 Å². The normalized spacial score (nSPS) is 11.3. The molecule has 0 aliphatic carbocycles. The van der Waals surface area contributed by atoms with Gasteiger partial charge in [0.1, 0.15) is 11.4 Å². The molecule has 10 heteroatoms. The van der Waals surface area contributed by atoms with Gasteiger partial charge >= 0.3 is 5.69 Å². The molecule has 0 spiro atoms. The summed E-state index contributed by atoms with van der Waals surface area (Å²) in [5.74, 6) is -0.148. The van der Waals surface area contributed by atoms with Gasteiger partial charge in [-0.1, -0.05) is 24.3 Å². The fourth-order valence-electron chi connectivity index (χ4n) is 3.50. The minimum Gasteiger partial charge on any atom is -0.506 e. The van der Waals surface area contributed by atoms with Crippen molar-refractivity contribution in [1.82, 2.24) is 0 Å². The van der Waals surface area contributed by atoms with E-state index < -0.39 is 21.2 Å². The Morgan fingerprint density at radius 1 is 0.844 bits per heavy atom. The summed E-state index contributed by atoms with van der Waals surface area (Å²) in [6.07, 6.45) is 0. The third-order valence-corrected chi connectivity index (χ3v) is 5.04. The molecule has 0 amide bonds. The van der Waals surface area contributed by atoms with E-state index in [1.165, 1.54) is 0 Å². The van der Waals surface area contributed by atoms with Crippen LogP contribution in [0.5, 0.6) is 5.75 Å². The summed E-state index contributed by atoms with van der Waals surface area (Å²) in [5.41, 5.74) is -0.231. The topological polar surface area (TPSA) is 134 Å². The highest BCUT2D eigenvalue weighted by atomic mass is 16.6. The van der Waals surface area contributed by atoms with Crippen molar-refractivity contribution in [2.45, 2.75) is 0 Å². The highest BCUT2D eigenvalue weighted by Gasteiger charge is 2.20. The molecule has 0 radical (unpaired) electrons. The van der Waals surface area contributed by atoms with Crippen LogP contribution >= 0.6 is 0 Å². The Hall–Kier alpha value is -4.60. The Labute approximate surface area is 181 Å². The third-order valence-electron chi connectivity index (χ3n) is 5.04. The van der Waals surface area contributed by atoms with Gasteiger partial charge in [-0.25, -0.2) is 0 Å². The molecule has 1 N–H and O–H groups in total. The van der Waals surface area contributed by atoms with Crippen molar-refractivity contribution in [1.29, 1.82) is 0 Å². The molecule has 160 valence electrons. The molecular formula is C22H17N5O5. The van der Waals surface area contributed by atoms with Gasteiger partial charge in [0.2, 0.25) is 0 Å². The number of anilines is 1. The number of nitrogens with zero attached hydrogens (tertiary/aromatic N) is 5. The monoisotopic (exact) mass is 431 g/mol. The molecule has 4 aromatic carbocycles. The van der Waals surface area contributed by atoms with E-state index in [-0.39, 0.29) is 17.1 Å². The van der Waals surface area contributed by atoms with Crippen molar-refractivity contribution in [2.75, 3.05) is 19.0 Å². The number of nitro benzene ring substituents is 2. The quantitative estimate of drug-likeness (QED) is 0.178. The predicted octanol–water partition coefficient (Wildman–Crippen LogP) is 6.00. The van der Waals surface area contributed by atoms with Gasteiger partial charge in [0, 0.05) is 42.7 Å². The van der Waals surface area contributed by atoms with Crippen molar-refractivity contribution in [3.63, 3.8) is 0 Å². The maximum Gasteiger partial charge on any atom is 0.303 e. The van der Waals surface area contributed by atoms with Crippen LogP contribution in [0.4, 0.5) is 28.4 Å². The zero-order chi connectivity index (χ0) is 23.0. The first kappa shape index (κ1) is 20.7. The van der Waals surface area contributed by atoms with Gasteiger partial charge in [-0.3, -0.25) is 20.2 Å². The third kappa shape index (κ3) is 3.65. The predicted molar refractivity (Wildman–Crippen MR) is 121 cm³/mol. The number of fused-ring (bicyclic) bond motifs is 2. The Morgan fingerprint density at radius 2 is 1.50 bits per heavy atom. The Morgan fingerprint density at radius 3 is 2.09 bits per heavy atom. The number of non-ortho nitro benzene ring substituents is 1. The minimum atomic E-state index is -0.762. The minimum absolute atomic E-state index is 0.143. The second-order valence-electron chi connectivity index (χ2n) is 7.29. The van der Waals surface area contributed by atoms with Crippen molar-refractivity contribution >= 4 is 50.0 Å². The molecular weight excluding hydrogens is 414 g/mol. The van der Waals surface area contributed by atoms with Crippen molar-refractivity contribution in [2.24, 2.45) is 10.2 Å².